The Kier molecular flexibility index (Phi) is 3.51. The van der Waals surface area contributed by atoms with Crippen LogP contribution in [0.2, 0.25) is 0 Å². The van der Waals surface area contributed by atoms with Crippen molar-refractivity contribution >= 4 is 11.9 Å². The van der Waals surface area contributed by atoms with Gasteiger partial charge in [0.05, 0.1) is 0 Å². The first kappa shape index (κ1) is 13.2. The van der Waals surface area contributed by atoms with Crippen molar-refractivity contribution in [2.45, 2.75) is 38.1 Å². The van der Waals surface area contributed by atoms with Gasteiger partial charge in [0.25, 0.3) is 5.91 Å². The molecule has 5 nitrogen and oxygen atoms in total. The lowest BCUT2D eigenvalue weighted by Gasteiger charge is -2.31. The third kappa shape index (κ3) is 2.71. The number of likely N-dealkylation sites (tertiary alicyclic amines) is 1. The van der Waals surface area contributed by atoms with Gasteiger partial charge >= 0.3 is 5.97 Å². The summed E-state index contributed by atoms with van der Waals surface area (Å²) < 4.78 is 2.09. The lowest BCUT2D eigenvalue weighted by atomic mass is 9.93. The van der Waals surface area contributed by atoms with Crippen LogP contribution in [0.5, 0.6) is 0 Å². The van der Waals surface area contributed by atoms with E-state index in [9.17, 15) is 9.59 Å². The molecular formula is C15H20N2O3. The molecule has 2 heterocycles. The standard InChI is InChI=1S/C15H20N2O3/c18-14(19)10-11-5-8-16(9-6-11)15(20)13-2-1-7-17(13)12-3-4-12/h1-2,7,11-12H,3-6,8-10H2,(H,18,19). The lowest BCUT2D eigenvalue weighted by molar-refractivity contribution is -0.138. The highest BCUT2D eigenvalue weighted by Gasteiger charge is 2.30. The first-order valence-corrected chi connectivity index (χ1v) is 7.33. The van der Waals surface area contributed by atoms with Gasteiger partial charge in [0, 0.05) is 31.7 Å². The maximum absolute atomic E-state index is 12.5. The molecule has 0 spiro atoms. The molecule has 0 radical (unpaired) electrons. The van der Waals surface area contributed by atoms with Gasteiger partial charge in [-0.05, 0) is 43.7 Å². The molecular weight excluding hydrogens is 256 g/mol. The number of carboxylic acids is 1. The summed E-state index contributed by atoms with van der Waals surface area (Å²) in [5.41, 5.74) is 0.782. The zero-order valence-corrected chi connectivity index (χ0v) is 11.5. The largest absolute Gasteiger partial charge is 0.481 e. The average molecular weight is 276 g/mol. The summed E-state index contributed by atoms with van der Waals surface area (Å²) in [6.45, 7) is 1.35. The van der Waals surface area contributed by atoms with Gasteiger partial charge < -0.3 is 14.6 Å². The Morgan fingerprint density at radius 2 is 1.90 bits per heavy atom. The Hall–Kier alpha value is -1.78. The van der Waals surface area contributed by atoms with Crippen molar-refractivity contribution in [3.05, 3.63) is 24.0 Å². The summed E-state index contributed by atoms with van der Waals surface area (Å²) in [6.07, 6.45) is 6.12. The quantitative estimate of drug-likeness (QED) is 0.916. The molecule has 0 aromatic carbocycles. The van der Waals surface area contributed by atoms with Crippen molar-refractivity contribution in [3.63, 3.8) is 0 Å². The van der Waals surface area contributed by atoms with Crippen LogP contribution in [0.1, 0.15) is 48.6 Å². The number of carbonyl (C=O) groups is 2. The van der Waals surface area contributed by atoms with E-state index in [2.05, 4.69) is 4.57 Å². The van der Waals surface area contributed by atoms with Crippen LogP contribution in [0, 0.1) is 5.92 Å². The van der Waals surface area contributed by atoms with Crippen molar-refractivity contribution in [1.82, 2.24) is 9.47 Å². The third-order valence-corrected chi connectivity index (χ3v) is 4.30. The number of hydrogen-bond acceptors (Lipinski definition) is 2. The van der Waals surface area contributed by atoms with Gasteiger partial charge in [-0.3, -0.25) is 9.59 Å². The van der Waals surface area contributed by atoms with Crippen LogP contribution in [0.4, 0.5) is 0 Å². The minimum Gasteiger partial charge on any atom is -0.481 e. The first-order valence-electron chi connectivity index (χ1n) is 7.33. The van der Waals surface area contributed by atoms with Gasteiger partial charge in [-0.1, -0.05) is 0 Å². The molecule has 0 bridgehead atoms. The van der Waals surface area contributed by atoms with E-state index in [-0.39, 0.29) is 18.2 Å². The van der Waals surface area contributed by atoms with Crippen molar-refractivity contribution < 1.29 is 14.7 Å². The maximum Gasteiger partial charge on any atom is 0.303 e. The number of nitrogens with zero attached hydrogens (tertiary/aromatic N) is 2. The van der Waals surface area contributed by atoms with Crippen LogP contribution in [0.3, 0.4) is 0 Å². The minimum absolute atomic E-state index is 0.0932. The Morgan fingerprint density at radius 1 is 1.20 bits per heavy atom. The van der Waals surface area contributed by atoms with Gasteiger partial charge in [0.15, 0.2) is 0 Å². The van der Waals surface area contributed by atoms with E-state index in [0.29, 0.717) is 19.1 Å². The molecule has 0 atom stereocenters. The topological polar surface area (TPSA) is 62.5 Å². The Morgan fingerprint density at radius 3 is 2.50 bits per heavy atom. The molecule has 1 N–H and O–H groups in total. The second-order valence-electron chi connectivity index (χ2n) is 5.87. The number of piperidine rings is 1. The molecule has 1 amide bonds. The molecule has 2 aliphatic rings. The highest BCUT2D eigenvalue weighted by atomic mass is 16.4. The van der Waals surface area contributed by atoms with Crippen LogP contribution in [-0.2, 0) is 4.79 Å². The van der Waals surface area contributed by atoms with Gasteiger partial charge in [-0.25, -0.2) is 0 Å². The van der Waals surface area contributed by atoms with Crippen molar-refractivity contribution in [1.29, 1.82) is 0 Å². The predicted octanol–water partition coefficient (Wildman–Crippen LogP) is 2.15. The highest BCUT2D eigenvalue weighted by molar-refractivity contribution is 5.93. The Balaban J connectivity index is 1.61. The van der Waals surface area contributed by atoms with Crippen LogP contribution >= 0.6 is 0 Å². The summed E-state index contributed by atoms with van der Waals surface area (Å²) in [7, 11) is 0. The molecule has 1 aliphatic heterocycles. The predicted molar refractivity (Wildman–Crippen MR) is 73.6 cm³/mol. The van der Waals surface area contributed by atoms with E-state index < -0.39 is 5.97 Å². The number of carbonyl (C=O) groups excluding carboxylic acids is 1. The summed E-state index contributed by atoms with van der Waals surface area (Å²) in [6, 6.07) is 4.33. The normalized spacial score (nSPS) is 20.1. The second kappa shape index (κ2) is 5.31. The number of rotatable bonds is 4. The molecule has 1 aromatic rings. The number of aliphatic carboxylic acids is 1. The second-order valence-corrected chi connectivity index (χ2v) is 5.87. The van der Waals surface area contributed by atoms with Crippen LogP contribution in [-0.4, -0.2) is 39.5 Å². The molecule has 3 rings (SSSR count). The molecule has 108 valence electrons. The Labute approximate surface area is 118 Å². The van der Waals surface area contributed by atoms with Crippen LogP contribution in [0.25, 0.3) is 0 Å². The average Bonchev–Trinajstić information content (AvgIpc) is 3.16. The fourth-order valence-corrected chi connectivity index (χ4v) is 3.00. The molecule has 20 heavy (non-hydrogen) atoms. The Bertz CT molecular complexity index is 511. The van der Waals surface area contributed by atoms with Gasteiger partial charge in [-0.15, -0.1) is 0 Å². The van der Waals surface area contributed by atoms with Crippen LogP contribution in [0.15, 0.2) is 18.3 Å². The molecule has 1 saturated heterocycles. The summed E-state index contributed by atoms with van der Waals surface area (Å²) >= 11 is 0. The summed E-state index contributed by atoms with van der Waals surface area (Å²) in [5, 5.41) is 8.81. The van der Waals surface area contributed by atoms with Crippen molar-refractivity contribution in [2.24, 2.45) is 5.92 Å². The first-order chi connectivity index (χ1) is 9.65. The molecule has 0 unspecified atom stereocenters. The minimum atomic E-state index is -0.739. The van der Waals surface area contributed by atoms with Crippen LogP contribution < -0.4 is 0 Å². The molecule has 1 aromatic heterocycles. The lowest BCUT2D eigenvalue weighted by Crippen LogP contribution is -2.39. The smallest absolute Gasteiger partial charge is 0.303 e. The zero-order valence-electron chi connectivity index (χ0n) is 11.5. The van der Waals surface area contributed by atoms with E-state index in [1.54, 1.807) is 0 Å². The molecule has 1 aliphatic carbocycles. The SMILES string of the molecule is O=C(O)CC1CCN(C(=O)c2cccn2C2CC2)CC1. The maximum atomic E-state index is 12.5. The monoisotopic (exact) mass is 276 g/mol. The fraction of sp³-hybridized carbons (Fsp3) is 0.600. The number of aromatic nitrogens is 1. The third-order valence-electron chi connectivity index (χ3n) is 4.30. The summed E-state index contributed by atoms with van der Waals surface area (Å²) in [5.74, 6) is -0.431. The van der Waals surface area contributed by atoms with Crippen molar-refractivity contribution in [3.8, 4) is 0 Å². The van der Waals surface area contributed by atoms with Gasteiger partial charge in [-0.2, -0.15) is 0 Å². The molecule has 5 heteroatoms. The summed E-state index contributed by atoms with van der Waals surface area (Å²) in [4.78, 5) is 25.1. The number of carboxylic acid groups (broad SMARTS) is 1. The van der Waals surface area contributed by atoms with Crippen molar-refractivity contribution in [2.75, 3.05) is 13.1 Å². The molecule has 1 saturated carbocycles. The number of hydrogen-bond donors (Lipinski definition) is 1. The highest BCUT2D eigenvalue weighted by Crippen LogP contribution is 2.36. The fourth-order valence-electron chi connectivity index (χ4n) is 3.00. The zero-order chi connectivity index (χ0) is 14.1. The van der Waals surface area contributed by atoms with E-state index in [4.69, 9.17) is 5.11 Å². The van der Waals surface area contributed by atoms with E-state index in [1.807, 2.05) is 23.2 Å². The molecule has 2 fully saturated rings. The van der Waals surface area contributed by atoms with Gasteiger partial charge in [0.2, 0.25) is 0 Å². The van der Waals surface area contributed by atoms with E-state index in [0.717, 1.165) is 31.4 Å². The van der Waals surface area contributed by atoms with E-state index in [1.165, 1.54) is 0 Å². The van der Waals surface area contributed by atoms with Gasteiger partial charge in [0.1, 0.15) is 5.69 Å². The number of amides is 1. The van der Waals surface area contributed by atoms with E-state index >= 15 is 0 Å².